The summed E-state index contributed by atoms with van der Waals surface area (Å²) in [6, 6.07) is 17.2. The molecule has 2 nitrogen and oxygen atoms in total. The maximum atomic E-state index is 4.36. The molecule has 0 spiro atoms. The summed E-state index contributed by atoms with van der Waals surface area (Å²) in [5, 5.41) is 10.7. The average Bonchev–Trinajstić information content (AvgIpc) is 3.06. The zero-order valence-electron chi connectivity index (χ0n) is 13.7. The molecule has 0 saturated heterocycles. The second kappa shape index (κ2) is 7.51. The van der Waals surface area contributed by atoms with Crippen LogP contribution in [0.5, 0.6) is 0 Å². The van der Waals surface area contributed by atoms with Crippen molar-refractivity contribution in [1.82, 2.24) is 10.2 Å². The van der Waals surface area contributed by atoms with E-state index in [9.17, 15) is 0 Å². The fraction of sp³-hybridized carbons (Fsp3) is 0.300. The van der Waals surface area contributed by atoms with Gasteiger partial charge in [0, 0.05) is 11.1 Å². The number of nitrogens with zero attached hydrogens (tertiary/aromatic N) is 2. The van der Waals surface area contributed by atoms with Crippen molar-refractivity contribution in [3.05, 3.63) is 59.7 Å². The summed E-state index contributed by atoms with van der Waals surface area (Å²) in [6.45, 7) is 4.33. The van der Waals surface area contributed by atoms with Gasteiger partial charge >= 0.3 is 0 Å². The number of aryl methyl sites for hydroxylation is 2. The van der Waals surface area contributed by atoms with Gasteiger partial charge in [-0.2, -0.15) is 0 Å². The lowest BCUT2D eigenvalue weighted by Gasteiger charge is -2.01. The molecule has 0 aliphatic heterocycles. The van der Waals surface area contributed by atoms with Gasteiger partial charge in [0.05, 0.1) is 0 Å². The van der Waals surface area contributed by atoms with Gasteiger partial charge in [-0.25, -0.2) is 0 Å². The predicted octanol–water partition coefficient (Wildman–Crippen LogP) is 5.91. The SMILES string of the molecule is CCCCCc1ccc(-c2nnc(-c3ccc(C)cc3)s2)cc1. The van der Waals surface area contributed by atoms with E-state index in [1.54, 1.807) is 11.3 Å². The lowest BCUT2D eigenvalue weighted by Crippen LogP contribution is -1.85. The third-order valence-electron chi connectivity index (χ3n) is 3.99. The Labute approximate surface area is 142 Å². The van der Waals surface area contributed by atoms with Crippen molar-refractivity contribution in [2.24, 2.45) is 0 Å². The van der Waals surface area contributed by atoms with Crippen LogP contribution in [0.1, 0.15) is 37.3 Å². The van der Waals surface area contributed by atoms with Crippen molar-refractivity contribution in [3.63, 3.8) is 0 Å². The summed E-state index contributed by atoms with van der Waals surface area (Å²) in [6.07, 6.45) is 5.01. The van der Waals surface area contributed by atoms with Crippen molar-refractivity contribution in [3.8, 4) is 21.1 Å². The number of unbranched alkanes of at least 4 members (excludes halogenated alkanes) is 2. The molecule has 3 heteroatoms. The Morgan fingerprint density at radius 2 is 1.35 bits per heavy atom. The molecule has 0 amide bonds. The molecule has 0 unspecified atom stereocenters. The largest absolute Gasteiger partial charge is 0.148 e. The highest BCUT2D eigenvalue weighted by atomic mass is 32.1. The maximum absolute atomic E-state index is 4.36. The van der Waals surface area contributed by atoms with Gasteiger partial charge in [0.15, 0.2) is 0 Å². The summed E-state index contributed by atoms with van der Waals surface area (Å²) in [4.78, 5) is 0. The third-order valence-corrected chi connectivity index (χ3v) is 5.01. The predicted molar refractivity (Wildman–Crippen MR) is 98.7 cm³/mol. The zero-order chi connectivity index (χ0) is 16.1. The molecule has 0 saturated carbocycles. The summed E-state index contributed by atoms with van der Waals surface area (Å²) in [5.41, 5.74) is 4.96. The van der Waals surface area contributed by atoms with Crippen molar-refractivity contribution in [2.45, 2.75) is 39.5 Å². The van der Waals surface area contributed by atoms with Gasteiger partial charge < -0.3 is 0 Å². The first-order valence-electron chi connectivity index (χ1n) is 8.26. The highest BCUT2D eigenvalue weighted by Gasteiger charge is 2.08. The smallest absolute Gasteiger partial charge is 0.138 e. The number of hydrogen-bond acceptors (Lipinski definition) is 3. The molecule has 1 heterocycles. The molecule has 0 radical (unpaired) electrons. The van der Waals surface area contributed by atoms with Gasteiger partial charge in [0.2, 0.25) is 0 Å². The van der Waals surface area contributed by atoms with E-state index >= 15 is 0 Å². The van der Waals surface area contributed by atoms with Crippen LogP contribution in [0, 0.1) is 6.92 Å². The maximum Gasteiger partial charge on any atom is 0.148 e. The Kier molecular flexibility index (Phi) is 5.19. The highest BCUT2D eigenvalue weighted by Crippen LogP contribution is 2.30. The van der Waals surface area contributed by atoms with Crippen molar-refractivity contribution in [1.29, 1.82) is 0 Å². The van der Waals surface area contributed by atoms with E-state index in [1.165, 1.54) is 36.8 Å². The first-order valence-corrected chi connectivity index (χ1v) is 9.08. The van der Waals surface area contributed by atoms with Crippen LogP contribution in [0.15, 0.2) is 48.5 Å². The van der Waals surface area contributed by atoms with Gasteiger partial charge in [-0.05, 0) is 25.3 Å². The number of aromatic nitrogens is 2. The summed E-state index contributed by atoms with van der Waals surface area (Å²) in [5.74, 6) is 0. The Bertz CT molecular complexity index is 742. The van der Waals surface area contributed by atoms with Crippen molar-refractivity contribution < 1.29 is 0 Å². The second-order valence-electron chi connectivity index (χ2n) is 5.93. The van der Waals surface area contributed by atoms with Gasteiger partial charge in [-0.15, -0.1) is 10.2 Å². The van der Waals surface area contributed by atoms with Crippen LogP contribution in [0.25, 0.3) is 21.1 Å². The van der Waals surface area contributed by atoms with E-state index in [1.807, 2.05) is 0 Å². The fourth-order valence-corrected chi connectivity index (χ4v) is 3.40. The minimum absolute atomic E-state index is 0.979. The van der Waals surface area contributed by atoms with Crippen LogP contribution in [0.2, 0.25) is 0 Å². The molecule has 0 aliphatic rings. The molecule has 0 N–H and O–H groups in total. The van der Waals surface area contributed by atoms with Crippen LogP contribution >= 0.6 is 11.3 Å². The standard InChI is InChI=1S/C20H22N2S/c1-3-4-5-6-16-9-13-18(14-10-16)20-22-21-19(23-20)17-11-7-15(2)8-12-17/h7-14H,3-6H2,1-2H3. The van der Waals surface area contributed by atoms with Gasteiger partial charge in [-0.1, -0.05) is 85.2 Å². The molecular weight excluding hydrogens is 300 g/mol. The Hall–Kier alpha value is -2.00. The van der Waals surface area contributed by atoms with E-state index in [0.29, 0.717) is 0 Å². The average molecular weight is 322 g/mol. The molecule has 1 aromatic heterocycles. The molecule has 3 rings (SSSR count). The van der Waals surface area contributed by atoms with Crippen molar-refractivity contribution in [2.75, 3.05) is 0 Å². The normalized spacial score (nSPS) is 10.9. The minimum Gasteiger partial charge on any atom is -0.138 e. The Morgan fingerprint density at radius 1 is 0.783 bits per heavy atom. The molecule has 0 aliphatic carbocycles. The molecule has 0 fully saturated rings. The lowest BCUT2D eigenvalue weighted by molar-refractivity contribution is 0.717. The summed E-state index contributed by atoms with van der Waals surface area (Å²) in [7, 11) is 0. The highest BCUT2D eigenvalue weighted by molar-refractivity contribution is 7.17. The minimum atomic E-state index is 0.979. The van der Waals surface area contributed by atoms with Crippen molar-refractivity contribution >= 4 is 11.3 Å². The fourth-order valence-electron chi connectivity index (χ4n) is 2.55. The Balaban J connectivity index is 1.73. The molecule has 23 heavy (non-hydrogen) atoms. The number of rotatable bonds is 6. The van der Waals surface area contributed by atoms with Crippen LogP contribution < -0.4 is 0 Å². The summed E-state index contributed by atoms with van der Waals surface area (Å²) < 4.78 is 0. The van der Waals surface area contributed by atoms with E-state index in [0.717, 1.165) is 21.1 Å². The van der Waals surface area contributed by atoms with Gasteiger partial charge in [-0.3, -0.25) is 0 Å². The summed E-state index contributed by atoms with van der Waals surface area (Å²) >= 11 is 1.65. The number of benzene rings is 2. The van der Waals surface area contributed by atoms with Gasteiger partial charge in [0.25, 0.3) is 0 Å². The van der Waals surface area contributed by atoms with Crippen LogP contribution in [-0.4, -0.2) is 10.2 Å². The Morgan fingerprint density at radius 3 is 1.91 bits per heavy atom. The molecule has 0 atom stereocenters. The van der Waals surface area contributed by atoms with Crippen LogP contribution in [0.4, 0.5) is 0 Å². The zero-order valence-corrected chi connectivity index (χ0v) is 14.6. The molecule has 3 aromatic rings. The molecular formula is C20H22N2S. The van der Waals surface area contributed by atoms with Crippen LogP contribution in [-0.2, 0) is 6.42 Å². The molecule has 2 aromatic carbocycles. The molecule has 118 valence electrons. The topological polar surface area (TPSA) is 25.8 Å². The third kappa shape index (κ3) is 4.05. The van der Waals surface area contributed by atoms with E-state index in [2.05, 4.69) is 72.6 Å². The van der Waals surface area contributed by atoms with Crippen LogP contribution in [0.3, 0.4) is 0 Å². The first kappa shape index (κ1) is 15.9. The monoisotopic (exact) mass is 322 g/mol. The number of hydrogen-bond donors (Lipinski definition) is 0. The molecule has 0 bridgehead atoms. The first-order chi connectivity index (χ1) is 11.3. The van der Waals surface area contributed by atoms with E-state index < -0.39 is 0 Å². The second-order valence-corrected chi connectivity index (χ2v) is 6.91. The van der Waals surface area contributed by atoms with E-state index in [-0.39, 0.29) is 0 Å². The van der Waals surface area contributed by atoms with E-state index in [4.69, 9.17) is 0 Å². The lowest BCUT2D eigenvalue weighted by atomic mass is 10.1. The van der Waals surface area contributed by atoms with Gasteiger partial charge in [0.1, 0.15) is 10.0 Å². The quantitative estimate of drug-likeness (QED) is 0.527.